The number of carbonyl (C=O) groups excluding carboxylic acids is 1. The largest absolute Gasteiger partial charge is 0.512 e. The van der Waals surface area contributed by atoms with E-state index in [9.17, 15) is 4.79 Å². The number of pyridine rings is 1. The summed E-state index contributed by atoms with van der Waals surface area (Å²) in [6.07, 6.45) is 1.17. The molecule has 28 heavy (non-hydrogen) atoms. The van der Waals surface area contributed by atoms with E-state index in [1.165, 1.54) is 47.6 Å². The van der Waals surface area contributed by atoms with Gasteiger partial charge in [-0.2, -0.15) is 0 Å². The molecule has 0 fully saturated rings. The minimum Gasteiger partial charge on any atom is -0.512 e. The van der Waals surface area contributed by atoms with Crippen molar-refractivity contribution in [3.05, 3.63) is 76.6 Å². The van der Waals surface area contributed by atoms with E-state index in [1.54, 1.807) is 0 Å². The molecule has 0 saturated carbocycles. The third-order valence-electron chi connectivity index (χ3n) is 4.37. The molecule has 1 aromatic heterocycles. The Morgan fingerprint density at radius 2 is 1.71 bits per heavy atom. The number of hydrogen-bond acceptors (Lipinski definition) is 3. The Hall–Kier alpha value is -2.29. The fraction of sp³-hybridized carbons (Fsp3) is 0.250. The van der Waals surface area contributed by atoms with Gasteiger partial charge in [0.2, 0.25) is 0 Å². The number of rotatable bonds is 2. The Balaban J connectivity index is 0.000000425. The SMILES string of the molecule is CC(=O)/C=C(/C)O.Cc1ccc2nc(-c3[c-]c(C)c(C)c(C)c3)ccc2c1.[Ir]. The molecule has 0 spiro atoms. The van der Waals surface area contributed by atoms with E-state index in [0.29, 0.717) is 0 Å². The van der Waals surface area contributed by atoms with Crippen molar-refractivity contribution in [1.82, 2.24) is 4.98 Å². The zero-order chi connectivity index (χ0) is 20.1. The summed E-state index contributed by atoms with van der Waals surface area (Å²) in [5.74, 6) is -0.0625. The van der Waals surface area contributed by atoms with Gasteiger partial charge in [-0.1, -0.05) is 44.5 Å². The minimum absolute atomic E-state index is 0. The fourth-order valence-corrected chi connectivity index (χ4v) is 2.78. The summed E-state index contributed by atoms with van der Waals surface area (Å²) >= 11 is 0. The molecule has 0 atom stereocenters. The number of aliphatic hydroxyl groups is 1. The van der Waals surface area contributed by atoms with E-state index in [-0.39, 0.29) is 31.6 Å². The molecule has 0 amide bonds. The first-order chi connectivity index (χ1) is 12.7. The first kappa shape index (κ1) is 23.7. The average Bonchev–Trinajstić information content (AvgIpc) is 2.58. The van der Waals surface area contributed by atoms with Crippen LogP contribution in [0, 0.1) is 33.8 Å². The van der Waals surface area contributed by atoms with Gasteiger partial charge in [0.15, 0.2) is 5.78 Å². The first-order valence-corrected chi connectivity index (χ1v) is 8.93. The molecule has 1 N–H and O–H groups in total. The molecule has 4 heteroatoms. The molecular weight excluding hydrogens is 526 g/mol. The number of aromatic nitrogens is 1. The van der Waals surface area contributed by atoms with Crippen LogP contribution in [0.4, 0.5) is 0 Å². The summed E-state index contributed by atoms with van der Waals surface area (Å²) < 4.78 is 0. The monoisotopic (exact) mass is 553 g/mol. The fourth-order valence-electron chi connectivity index (χ4n) is 2.78. The van der Waals surface area contributed by atoms with Crippen molar-refractivity contribution in [2.75, 3.05) is 0 Å². The van der Waals surface area contributed by atoms with Crippen LogP contribution < -0.4 is 0 Å². The van der Waals surface area contributed by atoms with E-state index in [1.807, 2.05) is 0 Å². The van der Waals surface area contributed by atoms with Gasteiger partial charge in [0.25, 0.3) is 0 Å². The second-order valence-corrected chi connectivity index (χ2v) is 6.91. The van der Waals surface area contributed by atoms with Gasteiger partial charge < -0.3 is 5.11 Å². The minimum atomic E-state index is -0.125. The number of nitrogens with zero attached hydrogens (tertiary/aromatic N) is 1. The predicted molar refractivity (Wildman–Crippen MR) is 112 cm³/mol. The smallest absolute Gasteiger partial charge is 0.155 e. The van der Waals surface area contributed by atoms with E-state index >= 15 is 0 Å². The van der Waals surface area contributed by atoms with Crippen molar-refractivity contribution in [1.29, 1.82) is 0 Å². The quantitative estimate of drug-likeness (QED) is 0.242. The van der Waals surface area contributed by atoms with Crippen molar-refractivity contribution >= 4 is 16.7 Å². The maximum Gasteiger partial charge on any atom is 0.155 e. The van der Waals surface area contributed by atoms with Crippen LogP contribution in [0.15, 0.2) is 48.2 Å². The third-order valence-corrected chi connectivity index (χ3v) is 4.37. The van der Waals surface area contributed by atoms with Gasteiger partial charge in [-0.05, 0) is 44.0 Å². The van der Waals surface area contributed by atoms with Crippen LogP contribution in [0.2, 0.25) is 0 Å². The van der Waals surface area contributed by atoms with Gasteiger partial charge in [0.1, 0.15) is 0 Å². The van der Waals surface area contributed by atoms with E-state index in [2.05, 4.69) is 70.2 Å². The Morgan fingerprint density at radius 3 is 2.25 bits per heavy atom. The maximum atomic E-state index is 10.0. The summed E-state index contributed by atoms with van der Waals surface area (Å²) in [5.41, 5.74) is 8.18. The molecule has 3 rings (SSSR count). The number of ketones is 1. The summed E-state index contributed by atoms with van der Waals surface area (Å²) in [5, 5.41) is 9.55. The zero-order valence-electron chi connectivity index (χ0n) is 17.2. The van der Waals surface area contributed by atoms with Crippen LogP contribution in [0.5, 0.6) is 0 Å². The van der Waals surface area contributed by atoms with Crippen molar-refractivity contribution in [2.45, 2.75) is 41.5 Å². The molecule has 0 aliphatic carbocycles. The van der Waals surface area contributed by atoms with Crippen LogP contribution in [0.3, 0.4) is 0 Å². The number of allylic oxidation sites excluding steroid dienone is 2. The number of carbonyl (C=O) groups is 1. The van der Waals surface area contributed by atoms with E-state index in [4.69, 9.17) is 10.1 Å². The molecule has 0 unspecified atom stereocenters. The van der Waals surface area contributed by atoms with Crippen molar-refractivity contribution in [3.8, 4) is 11.3 Å². The second-order valence-electron chi connectivity index (χ2n) is 6.91. The summed E-state index contributed by atoms with van der Waals surface area (Å²) in [4.78, 5) is 14.8. The number of aliphatic hydroxyl groups excluding tert-OH is 1. The number of hydrogen-bond donors (Lipinski definition) is 1. The van der Waals surface area contributed by atoms with Crippen molar-refractivity contribution < 1.29 is 30.0 Å². The van der Waals surface area contributed by atoms with E-state index in [0.717, 1.165) is 16.8 Å². The molecule has 0 saturated heterocycles. The van der Waals surface area contributed by atoms with Crippen molar-refractivity contribution in [2.24, 2.45) is 0 Å². The van der Waals surface area contributed by atoms with Crippen molar-refractivity contribution in [3.63, 3.8) is 0 Å². The molecule has 0 aliphatic rings. The topological polar surface area (TPSA) is 50.2 Å². The van der Waals surface area contributed by atoms with Gasteiger partial charge in [0, 0.05) is 26.2 Å². The number of fused-ring (bicyclic) bond motifs is 1. The number of benzene rings is 2. The molecule has 1 heterocycles. The van der Waals surface area contributed by atoms with Crippen LogP contribution in [-0.2, 0) is 24.9 Å². The molecule has 3 nitrogen and oxygen atoms in total. The van der Waals surface area contributed by atoms with Gasteiger partial charge in [-0.15, -0.1) is 34.4 Å². The van der Waals surface area contributed by atoms with Gasteiger partial charge >= 0.3 is 0 Å². The first-order valence-electron chi connectivity index (χ1n) is 8.93. The summed E-state index contributed by atoms with van der Waals surface area (Å²) in [6, 6.07) is 16.2. The van der Waals surface area contributed by atoms with Crippen LogP contribution >= 0.6 is 0 Å². The van der Waals surface area contributed by atoms with Gasteiger partial charge in [-0.3, -0.25) is 9.78 Å². The number of aryl methyl sites for hydroxylation is 3. The Labute approximate surface area is 180 Å². The average molecular weight is 553 g/mol. The molecule has 1 radical (unpaired) electrons. The maximum absolute atomic E-state index is 10.0. The third kappa shape index (κ3) is 6.40. The van der Waals surface area contributed by atoms with Gasteiger partial charge in [0.05, 0.1) is 11.3 Å². The Morgan fingerprint density at radius 1 is 1.04 bits per heavy atom. The molecule has 149 valence electrons. The molecule has 3 aromatic rings. The molecule has 0 aliphatic heterocycles. The van der Waals surface area contributed by atoms with Crippen LogP contribution in [0.1, 0.15) is 36.1 Å². The molecule has 2 aromatic carbocycles. The summed E-state index contributed by atoms with van der Waals surface area (Å²) in [7, 11) is 0. The standard InChI is InChI=1S/C19H18N.C5H8O2.Ir/c1-12-5-7-18-16(9-12)6-8-19(20-18)17-10-13(2)15(4)14(3)11-17;1-4(6)3-5(2)7;/h5-10H,1-4H3;3,6H,1-2H3;/q-1;;/b;4-3-;. The van der Waals surface area contributed by atoms with Crippen LogP contribution in [0.25, 0.3) is 22.2 Å². The van der Waals surface area contributed by atoms with E-state index < -0.39 is 0 Å². The van der Waals surface area contributed by atoms with Crippen LogP contribution in [-0.4, -0.2) is 15.9 Å². The Bertz CT molecular complexity index is 995. The normalized spacial score (nSPS) is 10.7. The van der Waals surface area contributed by atoms with Gasteiger partial charge in [-0.25, -0.2) is 0 Å². The zero-order valence-corrected chi connectivity index (χ0v) is 19.6. The molecule has 0 bridgehead atoms. The second kappa shape index (κ2) is 10.3. The predicted octanol–water partition coefficient (Wildman–Crippen LogP) is 5.97. The molecular formula is C24H26IrNO2-. The Kier molecular flexibility index (Phi) is 8.74. The summed E-state index contributed by atoms with van der Waals surface area (Å²) in [6.45, 7) is 11.3.